The monoisotopic (exact) mass is 374 g/mol. The number of halogens is 1. The second kappa shape index (κ2) is 7.11. The van der Waals surface area contributed by atoms with Gasteiger partial charge < -0.3 is 15.1 Å². The van der Waals surface area contributed by atoms with Crippen LogP contribution in [-0.4, -0.2) is 53.1 Å². The van der Waals surface area contributed by atoms with Crippen LogP contribution in [0.4, 0.5) is 11.8 Å². The number of hydrogen-bond acceptors (Lipinski definition) is 7. The Kier molecular flexibility index (Phi) is 4.70. The molecule has 4 heterocycles. The van der Waals surface area contributed by atoms with E-state index in [-0.39, 0.29) is 0 Å². The summed E-state index contributed by atoms with van der Waals surface area (Å²) in [5, 5.41) is 6.84. The number of nitrogens with zero attached hydrogens (tertiary/aromatic N) is 5. The number of piperazine rings is 1. The molecule has 0 unspecified atom stereocenters. The lowest BCUT2D eigenvalue weighted by molar-refractivity contribution is 0.311. The van der Waals surface area contributed by atoms with Crippen LogP contribution in [0.2, 0.25) is 5.15 Å². The normalized spacial score (nSPS) is 15.7. The number of nitrogens with one attached hydrogen (secondary N) is 1. The molecule has 0 atom stereocenters. The number of anilines is 2. The molecule has 8 heteroatoms. The van der Waals surface area contributed by atoms with Gasteiger partial charge in [-0.05, 0) is 18.5 Å². The predicted molar refractivity (Wildman–Crippen MR) is 104 cm³/mol. The van der Waals surface area contributed by atoms with E-state index in [0.29, 0.717) is 5.15 Å². The van der Waals surface area contributed by atoms with Crippen molar-refractivity contribution in [3.8, 4) is 0 Å². The van der Waals surface area contributed by atoms with Gasteiger partial charge in [-0.25, -0.2) is 9.97 Å². The zero-order valence-corrected chi connectivity index (χ0v) is 15.5. The summed E-state index contributed by atoms with van der Waals surface area (Å²) in [5.41, 5.74) is 0.817. The molecule has 6 nitrogen and oxygen atoms in total. The van der Waals surface area contributed by atoms with E-state index in [2.05, 4.69) is 44.7 Å². The summed E-state index contributed by atoms with van der Waals surface area (Å²) in [6.07, 6.45) is 1.74. The molecule has 0 saturated carbocycles. The number of fused-ring (bicyclic) bond motifs is 1. The Hall–Kier alpha value is -1.96. The zero-order valence-electron chi connectivity index (χ0n) is 13.9. The molecular formula is C17H19ClN6S. The summed E-state index contributed by atoms with van der Waals surface area (Å²) in [6.45, 7) is 4.60. The molecule has 0 amide bonds. The molecule has 0 radical (unpaired) electrons. The number of hydrogen-bond donors (Lipinski definition) is 1. The lowest BCUT2D eigenvalue weighted by Crippen LogP contribution is -2.45. The Labute approximate surface area is 155 Å². The zero-order chi connectivity index (χ0) is 17.2. The molecule has 0 aliphatic carbocycles. The molecule has 1 aliphatic heterocycles. The van der Waals surface area contributed by atoms with Crippen LogP contribution < -0.4 is 10.2 Å². The Morgan fingerprint density at radius 1 is 1.24 bits per heavy atom. The van der Waals surface area contributed by atoms with Crippen molar-refractivity contribution in [1.82, 2.24) is 19.9 Å². The number of likely N-dealkylation sites (N-methyl/N-ethyl adjacent to an activating group) is 1. The maximum atomic E-state index is 6.08. The molecule has 3 aromatic heterocycles. The molecule has 25 heavy (non-hydrogen) atoms. The molecule has 4 rings (SSSR count). The highest BCUT2D eigenvalue weighted by Crippen LogP contribution is 2.26. The summed E-state index contributed by atoms with van der Waals surface area (Å²) in [7, 11) is 2.14. The largest absolute Gasteiger partial charge is 0.364 e. The van der Waals surface area contributed by atoms with Crippen LogP contribution in [0.1, 0.15) is 4.88 Å². The number of aromatic nitrogens is 3. The van der Waals surface area contributed by atoms with Crippen molar-refractivity contribution in [2.24, 2.45) is 0 Å². The van der Waals surface area contributed by atoms with Crippen molar-refractivity contribution < 1.29 is 0 Å². The molecule has 0 spiro atoms. The van der Waals surface area contributed by atoms with Gasteiger partial charge in [-0.1, -0.05) is 17.7 Å². The smallest absolute Gasteiger partial charge is 0.227 e. The highest BCUT2D eigenvalue weighted by Gasteiger charge is 2.18. The summed E-state index contributed by atoms with van der Waals surface area (Å²) in [6, 6.07) is 5.96. The van der Waals surface area contributed by atoms with Crippen molar-refractivity contribution in [1.29, 1.82) is 0 Å². The van der Waals surface area contributed by atoms with Crippen LogP contribution in [0.25, 0.3) is 10.9 Å². The third kappa shape index (κ3) is 3.68. The lowest BCUT2D eigenvalue weighted by Gasteiger charge is -2.32. The van der Waals surface area contributed by atoms with E-state index >= 15 is 0 Å². The van der Waals surface area contributed by atoms with Crippen molar-refractivity contribution in [2.75, 3.05) is 43.4 Å². The third-order valence-corrected chi connectivity index (χ3v) is 5.42. The van der Waals surface area contributed by atoms with Crippen LogP contribution in [0, 0.1) is 0 Å². The molecule has 1 fully saturated rings. The van der Waals surface area contributed by atoms with Crippen molar-refractivity contribution in [3.63, 3.8) is 0 Å². The van der Waals surface area contributed by atoms with Crippen LogP contribution in [0.15, 0.2) is 29.8 Å². The van der Waals surface area contributed by atoms with Crippen LogP contribution in [0.3, 0.4) is 0 Å². The minimum absolute atomic E-state index is 0.444. The second-order valence-corrected chi connectivity index (χ2v) is 7.54. The molecule has 3 aromatic rings. The van der Waals surface area contributed by atoms with Gasteiger partial charge in [0, 0.05) is 43.3 Å². The van der Waals surface area contributed by atoms with E-state index in [4.69, 9.17) is 21.6 Å². The van der Waals surface area contributed by atoms with Crippen molar-refractivity contribution in [2.45, 2.75) is 6.54 Å². The van der Waals surface area contributed by atoms with E-state index < -0.39 is 0 Å². The third-order valence-electron chi connectivity index (χ3n) is 4.33. The minimum Gasteiger partial charge on any atom is -0.364 e. The van der Waals surface area contributed by atoms with E-state index in [0.717, 1.165) is 55.4 Å². The number of pyridine rings is 1. The number of thiophene rings is 1. The summed E-state index contributed by atoms with van der Waals surface area (Å²) >= 11 is 7.80. The molecular weight excluding hydrogens is 356 g/mol. The lowest BCUT2D eigenvalue weighted by atomic mass is 10.3. The fourth-order valence-corrected chi connectivity index (χ4v) is 3.65. The quantitative estimate of drug-likeness (QED) is 0.708. The molecule has 1 N–H and O–H groups in total. The second-order valence-electron chi connectivity index (χ2n) is 6.12. The van der Waals surface area contributed by atoms with Gasteiger partial charge in [0.05, 0.1) is 17.4 Å². The first-order valence-corrected chi connectivity index (χ1v) is 9.48. The van der Waals surface area contributed by atoms with Gasteiger partial charge in [-0.3, -0.25) is 0 Å². The van der Waals surface area contributed by atoms with Gasteiger partial charge in [0.2, 0.25) is 5.95 Å². The highest BCUT2D eigenvalue weighted by atomic mass is 35.5. The summed E-state index contributed by atoms with van der Waals surface area (Å²) < 4.78 is 0. The van der Waals surface area contributed by atoms with E-state index in [9.17, 15) is 0 Å². The fourth-order valence-electron chi connectivity index (χ4n) is 2.85. The highest BCUT2D eigenvalue weighted by molar-refractivity contribution is 7.09. The van der Waals surface area contributed by atoms with Crippen molar-refractivity contribution in [3.05, 3.63) is 39.8 Å². The van der Waals surface area contributed by atoms with E-state index in [1.54, 1.807) is 23.6 Å². The van der Waals surface area contributed by atoms with Crippen LogP contribution in [-0.2, 0) is 6.54 Å². The van der Waals surface area contributed by atoms with Gasteiger partial charge in [-0.2, -0.15) is 4.98 Å². The maximum absolute atomic E-state index is 6.08. The molecule has 0 aromatic carbocycles. The molecule has 1 saturated heterocycles. The fraction of sp³-hybridized carbons (Fsp3) is 0.353. The average molecular weight is 375 g/mol. The SMILES string of the molecule is CN1CCN(c2nc(NCc3cccs3)c3cnc(Cl)cc3n2)CC1. The molecule has 0 bridgehead atoms. The Balaban J connectivity index is 1.68. The summed E-state index contributed by atoms with van der Waals surface area (Å²) in [5.74, 6) is 1.55. The predicted octanol–water partition coefficient (Wildman–Crippen LogP) is 3.10. The van der Waals surface area contributed by atoms with Gasteiger partial charge in [-0.15, -0.1) is 11.3 Å². The first-order chi connectivity index (χ1) is 12.2. The Morgan fingerprint density at radius 3 is 2.84 bits per heavy atom. The standard InChI is InChI=1S/C17H19ClN6S/c1-23-4-6-24(7-5-23)17-21-14-9-15(18)19-11-13(14)16(22-17)20-10-12-3-2-8-25-12/h2-3,8-9,11H,4-7,10H2,1H3,(H,20,21,22). The first-order valence-electron chi connectivity index (χ1n) is 8.22. The number of rotatable bonds is 4. The van der Waals surface area contributed by atoms with Gasteiger partial charge in [0.15, 0.2) is 0 Å². The van der Waals surface area contributed by atoms with Gasteiger partial charge in [0.25, 0.3) is 0 Å². The Bertz CT molecular complexity index is 861. The first kappa shape index (κ1) is 16.5. The van der Waals surface area contributed by atoms with Gasteiger partial charge in [0.1, 0.15) is 11.0 Å². The summed E-state index contributed by atoms with van der Waals surface area (Å²) in [4.78, 5) is 19.5. The topological polar surface area (TPSA) is 57.2 Å². The average Bonchev–Trinajstić information content (AvgIpc) is 3.13. The van der Waals surface area contributed by atoms with Crippen molar-refractivity contribution >= 4 is 45.6 Å². The molecule has 1 aliphatic rings. The van der Waals surface area contributed by atoms with E-state index in [1.165, 1.54) is 4.88 Å². The van der Waals surface area contributed by atoms with Crippen LogP contribution in [0.5, 0.6) is 0 Å². The maximum Gasteiger partial charge on any atom is 0.227 e. The van der Waals surface area contributed by atoms with Crippen LogP contribution >= 0.6 is 22.9 Å². The molecule has 130 valence electrons. The van der Waals surface area contributed by atoms with Gasteiger partial charge >= 0.3 is 0 Å². The van der Waals surface area contributed by atoms with E-state index in [1.807, 2.05) is 0 Å². The minimum atomic E-state index is 0.444. The Morgan fingerprint density at radius 2 is 2.08 bits per heavy atom.